The van der Waals surface area contributed by atoms with Gasteiger partial charge in [-0.2, -0.15) is 0 Å². The van der Waals surface area contributed by atoms with E-state index in [1.54, 1.807) is 6.92 Å². The third kappa shape index (κ3) is 3.97. The van der Waals surface area contributed by atoms with Crippen LogP contribution >= 0.6 is 0 Å². The zero-order valence-corrected chi connectivity index (χ0v) is 11.2. The summed E-state index contributed by atoms with van der Waals surface area (Å²) in [5.74, 6) is 3.33. The van der Waals surface area contributed by atoms with Crippen molar-refractivity contribution in [2.75, 3.05) is 23.9 Å². The highest BCUT2D eigenvalue weighted by molar-refractivity contribution is 5.57. The number of nitrogen functional groups attached to an aromatic ring is 1. The number of rotatable bonds is 6. The number of nitrogens with one attached hydrogen (secondary N) is 2. The summed E-state index contributed by atoms with van der Waals surface area (Å²) in [6.45, 7) is 3.51. The highest BCUT2D eigenvalue weighted by Crippen LogP contribution is 2.23. The average molecular weight is 275 g/mol. The molecule has 8 heteroatoms. The van der Waals surface area contributed by atoms with E-state index < -0.39 is 19.1 Å². The van der Waals surface area contributed by atoms with Crippen molar-refractivity contribution in [1.29, 1.82) is 0 Å². The standard InChI is InChI=1S/C11H19F2N5O/c1-6(2)8-16-9(7(3)10(17-8)18-14)15-4-11(12,13)5-19/h6,19H,4-5,14H2,1-3H3,(H2,15,16,17,18). The molecule has 0 aliphatic heterocycles. The van der Waals surface area contributed by atoms with Crippen LogP contribution in [0.25, 0.3) is 0 Å². The van der Waals surface area contributed by atoms with Gasteiger partial charge in [-0.25, -0.2) is 24.6 Å². The Morgan fingerprint density at radius 2 is 1.89 bits per heavy atom. The summed E-state index contributed by atoms with van der Waals surface area (Å²) in [6.07, 6.45) is 0. The van der Waals surface area contributed by atoms with E-state index in [9.17, 15) is 8.78 Å². The first kappa shape index (κ1) is 15.5. The quantitative estimate of drug-likeness (QED) is 0.461. The molecule has 1 aromatic heterocycles. The van der Waals surface area contributed by atoms with Gasteiger partial charge in [0.2, 0.25) is 0 Å². The largest absolute Gasteiger partial charge is 0.390 e. The molecule has 5 N–H and O–H groups in total. The van der Waals surface area contributed by atoms with Crippen molar-refractivity contribution in [3.8, 4) is 0 Å². The molecule has 0 radical (unpaired) electrons. The SMILES string of the molecule is Cc1c(NN)nc(C(C)C)nc1NCC(F)(F)CO. The second-order valence-electron chi connectivity index (χ2n) is 4.57. The van der Waals surface area contributed by atoms with Crippen LogP contribution < -0.4 is 16.6 Å². The molecule has 0 fully saturated rings. The Morgan fingerprint density at radius 1 is 1.32 bits per heavy atom. The Labute approximate surface area is 110 Å². The highest BCUT2D eigenvalue weighted by Gasteiger charge is 2.28. The Hall–Kier alpha value is -1.54. The number of halogens is 2. The number of alkyl halides is 2. The van der Waals surface area contributed by atoms with Gasteiger partial charge in [0.25, 0.3) is 5.92 Å². The lowest BCUT2D eigenvalue weighted by Gasteiger charge is -2.18. The van der Waals surface area contributed by atoms with Crippen molar-refractivity contribution in [3.05, 3.63) is 11.4 Å². The fraction of sp³-hybridized carbons (Fsp3) is 0.636. The van der Waals surface area contributed by atoms with Crippen LogP contribution in [0.5, 0.6) is 0 Å². The van der Waals surface area contributed by atoms with Gasteiger partial charge in [0.15, 0.2) is 0 Å². The van der Waals surface area contributed by atoms with Gasteiger partial charge in [0.1, 0.15) is 24.1 Å². The van der Waals surface area contributed by atoms with Crippen LogP contribution in [0.15, 0.2) is 0 Å². The summed E-state index contributed by atoms with van der Waals surface area (Å²) in [4.78, 5) is 8.38. The molecular formula is C11H19F2N5O. The Morgan fingerprint density at radius 3 is 2.37 bits per heavy atom. The van der Waals surface area contributed by atoms with Gasteiger partial charge in [-0.3, -0.25) is 0 Å². The van der Waals surface area contributed by atoms with Crippen molar-refractivity contribution in [1.82, 2.24) is 9.97 Å². The number of anilines is 2. The normalized spacial score (nSPS) is 11.8. The van der Waals surface area contributed by atoms with Crippen molar-refractivity contribution in [2.45, 2.75) is 32.6 Å². The van der Waals surface area contributed by atoms with Crippen molar-refractivity contribution >= 4 is 11.6 Å². The summed E-state index contributed by atoms with van der Waals surface area (Å²) < 4.78 is 26.0. The van der Waals surface area contributed by atoms with Crippen LogP contribution in [0.4, 0.5) is 20.4 Å². The van der Waals surface area contributed by atoms with E-state index in [0.717, 1.165) is 0 Å². The average Bonchev–Trinajstić information content (AvgIpc) is 2.37. The van der Waals surface area contributed by atoms with Crippen molar-refractivity contribution in [2.24, 2.45) is 5.84 Å². The summed E-state index contributed by atoms with van der Waals surface area (Å²) in [6, 6.07) is 0. The Bertz CT molecular complexity index is 439. The first-order chi connectivity index (χ1) is 8.80. The molecule has 0 saturated heterocycles. The summed E-state index contributed by atoms with van der Waals surface area (Å²) in [7, 11) is 0. The molecule has 0 aliphatic carbocycles. The minimum absolute atomic E-state index is 0.0339. The van der Waals surface area contributed by atoms with Crippen molar-refractivity contribution < 1.29 is 13.9 Å². The van der Waals surface area contributed by atoms with E-state index in [4.69, 9.17) is 10.9 Å². The highest BCUT2D eigenvalue weighted by atomic mass is 19.3. The number of aromatic nitrogens is 2. The van der Waals surface area contributed by atoms with Gasteiger partial charge >= 0.3 is 0 Å². The topological polar surface area (TPSA) is 96.1 Å². The van der Waals surface area contributed by atoms with E-state index in [1.165, 1.54) is 0 Å². The fourth-order valence-electron chi connectivity index (χ4n) is 1.37. The molecule has 19 heavy (non-hydrogen) atoms. The van der Waals surface area contributed by atoms with Crippen LogP contribution in [0.1, 0.15) is 31.2 Å². The molecule has 1 aromatic rings. The number of hydrogen-bond acceptors (Lipinski definition) is 6. The van der Waals surface area contributed by atoms with E-state index in [2.05, 4.69) is 20.7 Å². The second-order valence-corrected chi connectivity index (χ2v) is 4.57. The van der Waals surface area contributed by atoms with E-state index in [-0.39, 0.29) is 11.7 Å². The first-order valence-electron chi connectivity index (χ1n) is 5.88. The molecule has 108 valence electrons. The molecule has 0 bridgehead atoms. The van der Waals surface area contributed by atoms with Gasteiger partial charge in [0, 0.05) is 11.5 Å². The van der Waals surface area contributed by atoms with Gasteiger partial charge < -0.3 is 15.8 Å². The predicted molar refractivity (Wildman–Crippen MR) is 69.2 cm³/mol. The number of hydrazine groups is 1. The minimum Gasteiger partial charge on any atom is -0.390 e. The van der Waals surface area contributed by atoms with Crippen LogP contribution in [0.2, 0.25) is 0 Å². The third-order valence-corrected chi connectivity index (χ3v) is 2.56. The predicted octanol–water partition coefficient (Wildman–Crippen LogP) is 1.23. The molecule has 6 nitrogen and oxygen atoms in total. The summed E-state index contributed by atoms with van der Waals surface area (Å²) in [5.41, 5.74) is 2.96. The second kappa shape index (κ2) is 6.07. The molecule has 0 saturated carbocycles. The van der Waals surface area contributed by atoms with Crippen LogP contribution in [0.3, 0.4) is 0 Å². The lowest BCUT2D eigenvalue weighted by Crippen LogP contribution is -2.31. The zero-order valence-electron chi connectivity index (χ0n) is 11.2. The smallest absolute Gasteiger partial charge is 0.287 e. The molecule has 0 unspecified atom stereocenters. The maximum Gasteiger partial charge on any atom is 0.287 e. The molecule has 1 rings (SSSR count). The Kier molecular flexibility index (Phi) is 4.96. The number of aliphatic hydroxyl groups excluding tert-OH is 1. The monoisotopic (exact) mass is 275 g/mol. The van der Waals surface area contributed by atoms with E-state index in [0.29, 0.717) is 17.2 Å². The first-order valence-corrected chi connectivity index (χ1v) is 5.88. The number of nitrogens with two attached hydrogens (primary N) is 1. The number of nitrogens with zero attached hydrogens (tertiary/aromatic N) is 2. The van der Waals surface area contributed by atoms with E-state index in [1.807, 2.05) is 13.8 Å². The summed E-state index contributed by atoms with van der Waals surface area (Å²) >= 11 is 0. The Balaban J connectivity index is 3.02. The van der Waals surface area contributed by atoms with Crippen molar-refractivity contribution in [3.63, 3.8) is 0 Å². The van der Waals surface area contributed by atoms with Gasteiger partial charge in [-0.15, -0.1) is 0 Å². The van der Waals surface area contributed by atoms with Crippen LogP contribution in [-0.4, -0.2) is 34.1 Å². The minimum atomic E-state index is -3.20. The van der Waals surface area contributed by atoms with E-state index >= 15 is 0 Å². The van der Waals surface area contributed by atoms with Crippen LogP contribution in [-0.2, 0) is 0 Å². The zero-order chi connectivity index (χ0) is 14.6. The molecule has 0 atom stereocenters. The maximum atomic E-state index is 13.0. The van der Waals surface area contributed by atoms with Gasteiger partial charge in [-0.1, -0.05) is 13.8 Å². The maximum absolute atomic E-state index is 13.0. The summed E-state index contributed by atoms with van der Waals surface area (Å²) in [5, 5.41) is 11.0. The number of hydrogen-bond donors (Lipinski definition) is 4. The molecule has 1 heterocycles. The fourth-order valence-corrected chi connectivity index (χ4v) is 1.37. The molecule has 0 aliphatic rings. The number of aliphatic hydroxyl groups is 1. The van der Waals surface area contributed by atoms with Gasteiger partial charge in [-0.05, 0) is 6.92 Å². The van der Waals surface area contributed by atoms with Crippen LogP contribution in [0, 0.1) is 6.92 Å². The molecule has 0 amide bonds. The molecule has 0 aromatic carbocycles. The lowest BCUT2D eigenvalue weighted by atomic mass is 10.2. The molecule has 0 spiro atoms. The molecular weight excluding hydrogens is 256 g/mol. The van der Waals surface area contributed by atoms with Gasteiger partial charge in [0.05, 0.1) is 6.54 Å². The lowest BCUT2D eigenvalue weighted by molar-refractivity contribution is -0.0373. The third-order valence-electron chi connectivity index (χ3n) is 2.56.